The lowest BCUT2D eigenvalue weighted by Gasteiger charge is -2.12. The van der Waals surface area contributed by atoms with Crippen molar-refractivity contribution in [2.75, 3.05) is 27.3 Å². The fourth-order valence-corrected chi connectivity index (χ4v) is 1.70. The van der Waals surface area contributed by atoms with Gasteiger partial charge in [-0.15, -0.1) is 0 Å². The van der Waals surface area contributed by atoms with Gasteiger partial charge in [-0.1, -0.05) is 6.07 Å². The predicted octanol–water partition coefficient (Wildman–Crippen LogP) is 1.10. The predicted molar refractivity (Wildman–Crippen MR) is 74.5 cm³/mol. The zero-order valence-electron chi connectivity index (χ0n) is 11.6. The number of methoxy groups -OCH3 is 1. The zero-order valence-corrected chi connectivity index (χ0v) is 11.6. The Labute approximate surface area is 114 Å². The number of hydrogen-bond acceptors (Lipinski definition) is 4. The number of amides is 1. The number of rotatable bonds is 8. The van der Waals surface area contributed by atoms with Crippen molar-refractivity contribution in [3.05, 3.63) is 23.8 Å². The van der Waals surface area contributed by atoms with E-state index in [4.69, 9.17) is 15.2 Å². The molecule has 0 atom stereocenters. The molecule has 1 aromatic carbocycles. The second kappa shape index (κ2) is 8.37. The number of carbonyl (C=O) groups excluding carboxylic acids is 1. The molecule has 5 nitrogen and oxygen atoms in total. The first-order valence-corrected chi connectivity index (χ1v) is 6.41. The highest BCUT2D eigenvalue weighted by atomic mass is 16.5. The summed E-state index contributed by atoms with van der Waals surface area (Å²) in [6.45, 7) is 1.07. The molecule has 0 aliphatic rings. The van der Waals surface area contributed by atoms with Crippen molar-refractivity contribution in [3.8, 4) is 11.5 Å². The van der Waals surface area contributed by atoms with Gasteiger partial charge in [0.25, 0.3) is 0 Å². The molecule has 0 radical (unpaired) electrons. The van der Waals surface area contributed by atoms with Crippen molar-refractivity contribution >= 4 is 5.91 Å². The Bertz CT molecular complexity index is 408. The molecule has 1 aromatic rings. The highest BCUT2D eigenvalue weighted by Gasteiger charge is 2.06. The maximum atomic E-state index is 11.1. The first kappa shape index (κ1) is 15.3. The molecule has 3 N–H and O–H groups in total. The number of benzene rings is 1. The van der Waals surface area contributed by atoms with Crippen LogP contribution >= 0.6 is 0 Å². The molecule has 0 bridgehead atoms. The summed E-state index contributed by atoms with van der Waals surface area (Å²) in [5.74, 6) is 1.56. The summed E-state index contributed by atoms with van der Waals surface area (Å²) in [5.41, 5.74) is 6.63. The van der Waals surface area contributed by atoms with Crippen molar-refractivity contribution in [3.63, 3.8) is 0 Å². The fraction of sp³-hybridized carbons (Fsp3) is 0.500. The first-order chi connectivity index (χ1) is 9.21. The van der Waals surface area contributed by atoms with Crippen LogP contribution in [-0.4, -0.2) is 33.2 Å². The van der Waals surface area contributed by atoms with Crippen LogP contribution in [0.2, 0.25) is 0 Å². The van der Waals surface area contributed by atoms with Gasteiger partial charge in [-0.3, -0.25) is 4.79 Å². The van der Waals surface area contributed by atoms with Gasteiger partial charge in [0.05, 0.1) is 13.7 Å². The summed E-state index contributed by atoms with van der Waals surface area (Å²) < 4.78 is 10.9. The molecule has 0 unspecified atom stereocenters. The van der Waals surface area contributed by atoms with Gasteiger partial charge in [0.2, 0.25) is 5.91 Å². The van der Waals surface area contributed by atoms with E-state index in [0.29, 0.717) is 26.0 Å². The molecule has 0 aromatic heterocycles. The summed E-state index contributed by atoms with van der Waals surface area (Å²) >= 11 is 0. The molecule has 1 amide bonds. The minimum Gasteiger partial charge on any atom is -0.497 e. The van der Waals surface area contributed by atoms with Crippen LogP contribution in [0.15, 0.2) is 18.2 Å². The van der Waals surface area contributed by atoms with Gasteiger partial charge in [0.1, 0.15) is 11.5 Å². The highest BCUT2D eigenvalue weighted by Crippen LogP contribution is 2.25. The lowest BCUT2D eigenvalue weighted by Crippen LogP contribution is -2.18. The highest BCUT2D eigenvalue weighted by molar-refractivity contribution is 5.75. The monoisotopic (exact) mass is 266 g/mol. The van der Waals surface area contributed by atoms with E-state index in [9.17, 15) is 4.79 Å². The Balaban J connectivity index is 2.56. The van der Waals surface area contributed by atoms with Crippen LogP contribution in [0.4, 0.5) is 0 Å². The molecule has 5 heteroatoms. The van der Waals surface area contributed by atoms with Gasteiger partial charge in [-0.2, -0.15) is 0 Å². The Morgan fingerprint density at radius 1 is 1.42 bits per heavy atom. The summed E-state index contributed by atoms with van der Waals surface area (Å²) in [6.07, 6.45) is 1.90. The van der Waals surface area contributed by atoms with Crippen LogP contribution in [0.1, 0.15) is 18.4 Å². The first-order valence-electron chi connectivity index (χ1n) is 6.41. The molecular weight excluding hydrogens is 244 g/mol. The molecule has 0 heterocycles. The van der Waals surface area contributed by atoms with E-state index >= 15 is 0 Å². The maximum absolute atomic E-state index is 11.1. The molecule has 0 aliphatic heterocycles. The smallest absolute Gasteiger partial charge is 0.219 e. The van der Waals surface area contributed by atoms with E-state index < -0.39 is 0 Å². The van der Waals surface area contributed by atoms with Crippen molar-refractivity contribution in [1.82, 2.24) is 5.32 Å². The molecule has 0 fully saturated rings. The standard InChI is InChI=1S/C14H22N2O3/c1-16-14(17)4-3-9-19-13-10-12(18-2)6-5-11(13)7-8-15/h5-6,10H,3-4,7-9,15H2,1-2H3,(H,16,17). The van der Waals surface area contributed by atoms with E-state index in [1.807, 2.05) is 18.2 Å². The molecule has 0 aliphatic carbocycles. The van der Waals surface area contributed by atoms with Crippen LogP contribution < -0.4 is 20.5 Å². The Morgan fingerprint density at radius 2 is 2.21 bits per heavy atom. The molecule has 106 valence electrons. The average Bonchev–Trinajstić information content (AvgIpc) is 2.44. The fourth-order valence-electron chi connectivity index (χ4n) is 1.70. The normalized spacial score (nSPS) is 10.1. The average molecular weight is 266 g/mol. The minimum absolute atomic E-state index is 0.0245. The Morgan fingerprint density at radius 3 is 2.84 bits per heavy atom. The van der Waals surface area contributed by atoms with Gasteiger partial charge in [0, 0.05) is 19.5 Å². The topological polar surface area (TPSA) is 73.6 Å². The van der Waals surface area contributed by atoms with Gasteiger partial charge in [-0.05, 0) is 31.0 Å². The number of hydrogen-bond donors (Lipinski definition) is 2. The van der Waals surface area contributed by atoms with Gasteiger partial charge in [0.15, 0.2) is 0 Å². The molecular formula is C14H22N2O3. The second-order valence-corrected chi connectivity index (χ2v) is 4.14. The number of nitrogens with one attached hydrogen (secondary N) is 1. The summed E-state index contributed by atoms with van der Waals surface area (Å²) in [5, 5.41) is 2.58. The molecule has 0 spiro atoms. The van der Waals surface area contributed by atoms with E-state index in [1.54, 1.807) is 14.2 Å². The summed E-state index contributed by atoms with van der Waals surface area (Å²) in [4.78, 5) is 11.1. The van der Waals surface area contributed by atoms with Crippen LogP contribution in [0.5, 0.6) is 11.5 Å². The summed E-state index contributed by atoms with van der Waals surface area (Å²) in [6, 6.07) is 5.70. The van der Waals surface area contributed by atoms with Crippen molar-refractivity contribution in [2.24, 2.45) is 5.73 Å². The number of ether oxygens (including phenoxy) is 2. The van der Waals surface area contributed by atoms with Gasteiger partial charge in [-0.25, -0.2) is 0 Å². The molecule has 0 saturated heterocycles. The van der Waals surface area contributed by atoms with E-state index in [-0.39, 0.29) is 5.91 Å². The number of carbonyl (C=O) groups is 1. The Hall–Kier alpha value is -1.75. The zero-order chi connectivity index (χ0) is 14.1. The van der Waals surface area contributed by atoms with E-state index in [0.717, 1.165) is 23.5 Å². The van der Waals surface area contributed by atoms with Gasteiger partial charge < -0.3 is 20.5 Å². The third kappa shape index (κ3) is 5.18. The quantitative estimate of drug-likeness (QED) is 0.691. The maximum Gasteiger partial charge on any atom is 0.219 e. The third-order valence-electron chi connectivity index (χ3n) is 2.77. The molecule has 0 saturated carbocycles. The SMILES string of the molecule is CNC(=O)CCCOc1cc(OC)ccc1CCN. The lowest BCUT2D eigenvalue weighted by molar-refractivity contribution is -0.120. The van der Waals surface area contributed by atoms with E-state index in [2.05, 4.69) is 5.32 Å². The molecule has 1 rings (SSSR count). The van der Waals surface area contributed by atoms with Crippen molar-refractivity contribution in [1.29, 1.82) is 0 Å². The lowest BCUT2D eigenvalue weighted by atomic mass is 10.1. The van der Waals surface area contributed by atoms with Crippen LogP contribution in [0, 0.1) is 0 Å². The summed E-state index contributed by atoms with van der Waals surface area (Å²) in [7, 11) is 3.25. The minimum atomic E-state index is 0.0245. The van der Waals surface area contributed by atoms with E-state index in [1.165, 1.54) is 0 Å². The number of nitrogens with two attached hydrogens (primary N) is 1. The van der Waals surface area contributed by atoms with Crippen LogP contribution in [-0.2, 0) is 11.2 Å². The Kier molecular flexibility index (Phi) is 6.74. The second-order valence-electron chi connectivity index (χ2n) is 4.14. The van der Waals surface area contributed by atoms with Crippen LogP contribution in [0.25, 0.3) is 0 Å². The van der Waals surface area contributed by atoms with Crippen molar-refractivity contribution < 1.29 is 14.3 Å². The third-order valence-corrected chi connectivity index (χ3v) is 2.77. The van der Waals surface area contributed by atoms with Crippen molar-refractivity contribution in [2.45, 2.75) is 19.3 Å². The van der Waals surface area contributed by atoms with Crippen LogP contribution in [0.3, 0.4) is 0 Å². The molecule has 19 heavy (non-hydrogen) atoms. The largest absolute Gasteiger partial charge is 0.497 e. The van der Waals surface area contributed by atoms with Gasteiger partial charge >= 0.3 is 0 Å².